The molecular weight excluding hydrogens is 267 g/mol. The summed E-state index contributed by atoms with van der Waals surface area (Å²) in [5.74, 6) is -1.81. The Labute approximate surface area is 116 Å². The van der Waals surface area contributed by atoms with Crippen molar-refractivity contribution in [2.75, 3.05) is 13.1 Å². The summed E-state index contributed by atoms with van der Waals surface area (Å²) in [7, 11) is 0. The molecule has 0 fully saturated rings. The lowest BCUT2D eigenvalue weighted by molar-refractivity contribution is -0.184. The molecule has 0 aromatic heterocycles. The number of rotatable bonds is 5. The molecule has 0 atom stereocenters. The van der Waals surface area contributed by atoms with Gasteiger partial charge >= 0.3 is 12.1 Å². The van der Waals surface area contributed by atoms with Gasteiger partial charge in [-0.15, -0.1) is 5.73 Å². The van der Waals surface area contributed by atoms with Crippen molar-refractivity contribution in [3.05, 3.63) is 47.7 Å². The highest BCUT2D eigenvalue weighted by atomic mass is 19.4. The minimum atomic E-state index is -4.83. The molecule has 1 rings (SSSR count). The Morgan fingerprint density at radius 3 is 2.50 bits per heavy atom. The molecule has 0 aliphatic carbocycles. The van der Waals surface area contributed by atoms with Gasteiger partial charge < -0.3 is 4.90 Å². The molecule has 0 aliphatic heterocycles. The topological polar surface area (TPSA) is 20.3 Å². The van der Waals surface area contributed by atoms with Crippen molar-refractivity contribution in [1.29, 1.82) is 0 Å². The molecule has 0 saturated carbocycles. The maximum absolute atomic E-state index is 12.4. The fraction of sp³-hybridized carbons (Fsp3) is 0.333. The van der Waals surface area contributed by atoms with E-state index in [4.69, 9.17) is 0 Å². The van der Waals surface area contributed by atoms with Gasteiger partial charge in [-0.05, 0) is 24.1 Å². The van der Waals surface area contributed by atoms with Crippen LogP contribution in [0.25, 0.3) is 6.08 Å². The fourth-order valence-electron chi connectivity index (χ4n) is 1.59. The van der Waals surface area contributed by atoms with Crippen molar-refractivity contribution in [1.82, 2.24) is 4.90 Å². The van der Waals surface area contributed by atoms with E-state index in [-0.39, 0.29) is 13.1 Å². The van der Waals surface area contributed by atoms with Crippen LogP contribution in [0.2, 0.25) is 0 Å². The SMILES string of the molecule is CCCN(CC=C=Cc1ccccc1)C(=O)C(F)(F)F. The number of hydrogen-bond acceptors (Lipinski definition) is 1. The zero-order chi connectivity index (χ0) is 15.0. The quantitative estimate of drug-likeness (QED) is 0.755. The fourth-order valence-corrected chi connectivity index (χ4v) is 1.59. The van der Waals surface area contributed by atoms with E-state index in [2.05, 4.69) is 5.73 Å². The molecule has 0 bridgehead atoms. The first-order valence-corrected chi connectivity index (χ1v) is 6.27. The summed E-state index contributed by atoms with van der Waals surface area (Å²) in [5, 5.41) is 0. The Morgan fingerprint density at radius 1 is 1.30 bits per heavy atom. The molecule has 0 radical (unpaired) electrons. The van der Waals surface area contributed by atoms with Crippen molar-refractivity contribution in [2.24, 2.45) is 0 Å². The lowest BCUT2D eigenvalue weighted by atomic mass is 10.2. The van der Waals surface area contributed by atoms with E-state index in [9.17, 15) is 18.0 Å². The predicted octanol–water partition coefficient (Wildman–Crippen LogP) is 3.66. The molecule has 1 aromatic carbocycles. The van der Waals surface area contributed by atoms with Crippen molar-refractivity contribution >= 4 is 12.0 Å². The summed E-state index contributed by atoms with van der Waals surface area (Å²) in [6.45, 7) is 1.69. The van der Waals surface area contributed by atoms with E-state index in [1.165, 1.54) is 6.08 Å². The summed E-state index contributed by atoms with van der Waals surface area (Å²) < 4.78 is 37.1. The summed E-state index contributed by atoms with van der Waals surface area (Å²) in [4.78, 5) is 11.9. The van der Waals surface area contributed by atoms with E-state index in [1.807, 2.05) is 30.3 Å². The van der Waals surface area contributed by atoms with Crippen LogP contribution in [0.4, 0.5) is 13.2 Å². The molecule has 5 heteroatoms. The van der Waals surface area contributed by atoms with Gasteiger partial charge in [-0.2, -0.15) is 13.2 Å². The van der Waals surface area contributed by atoms with Gasteiger partial charge in [-0.1, -0.05) is 37.3 Å². The average molecular weight is 283 g/mol. The normalized spacial score (nSPS) is 10.6. The van der Waals surface area contributed by atoms with Gasteiger partial charge in [0.2, 0.25) is 0 Å². The van der Waals surface area contributed by atoms with Gasteiger partial charge in [0, 0.05) is 13.1 Å². The third-order valence-electron chi connectivity index (χ3n) is 2.50. The summed E-state index contributed by atoms with van der Waals surface area (Å²) in [6, 6.07) is 9.28. The van der Waals surface area contributed by atoms with Crippen molar-refractivity contribution in [3.63, 3.8) is 0 Å². The Bertz CT molecular complexity index is 488. The Hall–Kier alpha value is -2.00. The minimum Gasteiger partial charge on any atom is -0.331 e. The lowest BCUT2D eigenvalue weighted by Crippen LogP contribution is -2.41. The van der Waals surface area contributed by atoms with E-state index in [0.29, 0.717) is 6.42 Å². The zero-order valence-corrected chi connectivity index (χ0v) is 11.2. The Kier molecular flexibility index (Phi) is 6.07. The summed E-state index contributed by atoms with van der Waals surface area (Å²) >= 11 is 0. The predicted molar refractivity (Wildman–Crippen MR) is 71.9 cm³/mol. The Balaban J connectivity index is 2.68. The molecule has 0 N–H and O–H groups in total. The number of amides is 1. The standard InChI is InChI=1S/C15H16F3NO/c1-2-11-19(14(20)15(16,17)18)12-7-6-10-13-8-4-3-5-9-13/h3-5,7-10H,2,11-12H2,1H3. The third kappa shape index (κ3) is 5.33. The number of hydrogen-bond donors (Lipinski definition) is 0. The van der Waals surface area contributed by atoms with Crippen LogP contribution in [0.15, 0.2) is 42.1 Å². The molecule has 0 spiro atoms. The second kappa shape index (κ2) is 7.56. The van der Waals surface area contributed by atoms with E-state index in [1.54, 1.807) is 13.0 Å². The molecule has 0 heterocycles. The second-order valence-corrected chi connectivity index (χ2v) is 4.17. The van der Waals surface area contributed by atoms with Crippen LogP contribution in [0, 0.1) is 0 Å². The van der Waals surface area contributed by atoms with Crippen LogP contribution in [-0.2, 0) is 4.79 Å². The maximum Gasteiger partial charge on any atom is 0.471 e. The number of carbonyl (C=O) groups is 1. The molecule has 1 amide bonds. The first kappa shape index (κ1) is 16.1. The maximum atomic E-state index is 12.4. The molecule has 20 heavy (non-hydrogen) atoms. The monoisotopic (exact) mass is 283 g/mol. The van der Waals surface area contributed by atoms with Crippen molar-refractivity contribution in [3.8, 4) is 0 Å². The van der Waals surface area contributed by atoms with Gasteiger partial charge in [0.05, 0.1) is 0 Å². The smallest absolute Gasteiger partial charge is 0.331 e. The third-order valence-corrected chi connectivity index (χ3v) is 2.50. The van der Waals surface area contributed by atoms with Crippen LogP contribution in [0.5, 0.6) is 0 Å². The first-order valence-electron chi connectivity index (χ1n) is 6.27. The largest absolute Gasteiger partial charge is 0.471 e. The number of benzene rings is 1. The first-order chi connectivity index (χ1) is 9.45. The number of alkyl halides is 3. The molecule has 0 aliphatic rings. The van der Waals surface area contributed by atoms with E-state index in [0.717, 1.165) is 10.5 Å². The number of halogens is 3. The highest BCUT2D eigenvalue weighted by molar-refractivity contribution is 5.82. The summed E-state index contributed by atoms with van der Waals surface area (Å²) in [6.07, 6.45) is -1.28. The molecule has 2 nitrogen and oxygen atoms in total. The number of carbonyl (C=O) groups excluding carboxylic acids is 1. The van der Waals surface area contributed by atoms with Crippen molar-refractivity contribution in [2.45, 2.75) is 19.5 Å². The van der Waals surface area contributed by atoms with Crippen LogP contribution in [0.1, 0.15) is 18.9 Å². The molecule has 0 unspecified atom stereocenters. The Morgan fingerprint density at radius 2 is 1.95 bits per heavy atom. The number of nitrogens with zero attached hydrogens (tertiary/aromatic N) is 1. The van der Waals surface area contributed by atoms with Crippen LogP contribution in [0.3, 0.4) is 0 Å². The van der Waals surface area contributed by atoms with Crippen molar-refractivity contribution < 1.29 is 18.0 Å². The van der Waals surface area contributed by atoms with Crippen LogP contribution >= 0.6 is 0 Å². The van der Waals surface area contributed by atoms with Gasteiger partial charge in [0.15, 0.2) is 0 Å². The van der Waals surface area contributed by atoms with E-state index >= 15 is 0 Å². The highest BCUT2D eigenvalue weighted by Crippen LogP contribution is 2.18. The molecular formula is C15H16F3NO. The zero-order valence-electron chi connectivity index (χ0n) is 11.2. The van der Waals surface area contributed by atoms with Gasteiger partial charge in [-0.25, -0.2) is 0 Å². The van der Waals surface area contributed by atoms with Crippen LogP contribution in [-0.4, -0.2) is 30.1 Å². The lowest BCUT2D eigenvalue weighted by Gasteiger charge is -2.21. The minimum absolute atomic E-state index is 0.0713. The molecule has 0 saturated heterocycles. The van der Waals surface area contributed by atoms with Gasteiger partial charge in [-0.3, -0.25) is 4.79 Å². The van der Waals surface area contributed by atoms with E-state index < -0.39 is 12.1 Å². The van der Waals surface area contributed by atoms with Gasteiger partial charge in [0.1, 0.15) is 0 Å². The average Bonchev–Trinajstić information content (AvgIpc) is 2.41. The van der Waals surface area contributed by atoms with Gasteiger partial charge in [0.25, 0.3) is 0 Å². The molecule has 108 valence electrons. The summed E-state index contributed by atoms with van der Waals surface area (Å²) in [5.41, 5.74) is 3.68. The molecule has 1 aromatic rings. The highest BCUT2D eigenvalue weighted by Gasteiger charge is 2.41. The van der Waals surface area contributed by atoms with Crippen LogP contribution < -0.4 is 0 Å². The second-order valence-electron chi connectivity index (χ2n) is 4.17.